The maximum absolute atomic E-state index is 12.4. The van der Waals surface area contributed by atoms with Crippen molar-refractivity contribution in [1.29, 1.82) is 0 Å². The van der Waals surface area contributed by atoms with Gasteiger partial charge in [-0.2, -0.15) is 0 Å². The van der Waals surface area contributed by atoms with E-state index in [1.54, 1.807) is 4.57 Å². The Bertz CT molecular complexity index is 642. The van der Waals surface area contributed by atoms with Crippen LogP contribution in [0.4, 0.5) is 0 Å². The molecular formula is C13H19N3O4S. The highest BCUT2D eigenvalue weighted by molar-refractivity contribution is 7.89. The van der Waals surface area contributed by atoms with Gasteiger partial charge in [0.05, 0.1) is 0 Å². The van der Waals surface area contributed by atoms with E-state index in [1.165, 1.54) is 12.3 Å². The van der Waals surface area contributed by atoms with Gasteiger partial charge in [0, 0.05) is 18.3 Å². The summed E-state index contributed by atoms with van der Waals surface area (Å²) in [5.74, 6) is -1.09. The Labute approximate surface area is 123 Å². The Morgan fingerprint density at radius 3 is 2.52 bits per heavy atom. The minimum atomic E-state index is -3.66. The predicted octanol–water partition coefficient (Wildman–Crippen LogP) is 0.551. The first-order valence-corrected chi connectivity index (χ1v) is 8.64. The summed E-state index contributed by atoms with van der Waals surface area (Å²) in [6, 6.07) is 1.29. The molecular weight excluding hydrogens is 294 g/mol. The van der Waals surface area contributed by atoms with Crippen LogP contribution in [-0.2, 0) is 10.0 Å². The van der Waals surface area contributed by atoms with Crippen LogP contribution in [0.2, 0.25) is 0 Å². The number of carboxylic acid groups (broad SMARTS) is 1. The number of hydrogen-bond acceptors (Lipinski definition) is 4. The lowest BCUT2D eigenvalue weighted by Gasteiger charge is -2.23. The highest BCUT2D eigenvalue weighted by Crippen LogP contribution is 2.37. The molecule has 0 amide bonds. The molecule has 1 aliphatic heterocycles. The summed E-state index contributed by atoms with van der Waals surface area (Å²) >= 11 is 0. The number of piperidine rings is 1. The van der Waals surface area contributed by atoms with E-state index >= 15 is 0 Å². The molecule has 0 unspecified atom stereocenters. The van der Waals surface area contributed by atoms with Gasteiger partial charge in [0.2, 0.25) is 10.0 Å². The number of aromatic carboxylic acids is 1. The minimum absolute atomic E-state index is 0.0446. The number of rotatable bonds is 5. The molecule has 0 spiro atoms. The fourth-order valence-corrected chi connectivity index (χ4v) is 3.98. The molecule has 7 nitrogen and oxygen atoms in total. The van der Waals surface area contributed by atoms with Crippen LogP contribution in [0, 0.1) is 0 Å². The molecule has 0 radical (unpaired) electrons. The molecule has 116 valence electrons. The van der Waals surface area contributed by atoms with Crippen LogP contribution < -0.4 is 10.0 Å². The van der Waals surface area contributed by atoms with Crippen LogP contribution in [0.1, 0.15) is 42.2 Å². The van der Waals surface area contributed by atoms with Crippen LogP contribution in [-0.4, -0.2) is 43.2 Å². The van der Waals surface area contributed by atoms with E-state index in [-0.39, 0.29) is 22.7 Å². The minimum Gasteiger partial charge on any atom is -0.477 e. The molecule has 1 aliphatic carbocycles. The third-order valence-electron chi connectivity index (χ3n) is 3.95. The number of sulfonamides is 1. The molecule has 1 aromatic rings. The quantitative estimate of drug-likeness (QED) is 0.737. The smallest absolute Gasteiger partial charge is 0.352 e. The van der Waals surface area contributed by atoms with Crippen molar-refractivity contribution in [3.05, 3.63) is 18.0 Å². The van der Waals surface area contributed by atoms with Gasteiger partial charge in [0.15, 0.2) is 0 Å². The molecule has 2 fully saturated rings. The van der Waals surface area contributed by atoms with Crippen molar-refractivity contribution in [1.82, 2.24) is 14.6 Å². The predicted molar refractivity (Wildman–Crippen MR) is 75.9 cm³/mol. The number of nitrogens with one attached hydrogen (secondary N) is 2. The van der Waals surface area contributed by atoms with E-state index in [1.807, 2.05) is 0 Å². The molecule has 21 heavy (non-hydrogen) atoms. The summed E-state index contributed by atoms with van der Waals surface area (Å²) in [5.41, 5.74) is 0.0446. The molecule has 0 atom stereocenters. The van der Waals surface area contributed by atoms with Crippen LogP contribution in [0.25, 0.3) is 0 Å². The molecule has 3 rings (SSSR count). The molecule has 1 saturated carbocycles. The van der Waals surface area contributed by atoms with Gasteiger partial charge in [0.1, 0.15) is 10.6 Å². The zero-order chi connectivity index (χ0) is 15.0. The van der Waals surface area contributed by atoms with Gasteiger partial charge in [-0.1, -0.05) is 0 Å². The molecule has 3 N–H and O–H groups in total. The normalized spacial score (nSPS) is 20.6. The number of aromatic nitrogens is 1. The third kappa shape index (κ3) is 3.12. The number of carboxylic acids is 1. The Morgan fingerprint density at radius 2 is 1.95 bits per heavy atom. The second-order valence-electron chi connectivity index (χ2n) is 5.65. The standard InChI is InChI=1S/C13H19N3O4S/c17-13(18)12-7-11(8-16(12)10-1-2-10)21(19,20)15-9-3-5-14-6-4-9/h7-10,14-15H,1-6H2,(H,17,18). The van der Waals surface area contributed by atoms with Gasteiger partial charge in [-0.25, -0.2) is 17.9 Å². The molecule has 1 saturated heterocycles. The third-order valence-corrected chi connectivity index (χ3v) is 5.44. The topological polar surface area (TPSA) is 100 Å². The highest BCUT2D eigenvalue weighted by Gasteiger charge is 2.31. The lowest BCUT2D eigenvalue weighted by atomic mass is 10.1. The maximum Gasteiger partial charge on any atom is 0.352 e. The Morgan fingerprint density at radius 1 is 1.29 bits per heavy atom. The fourth-order valence-electron chi connectivity index (χ4n) is 2.65. The van der Waals surface area contributed by atoms with Crippen molar-refractivity contribution in [2.45, 2.75) is 42.7 Å². The molecule has 0 bridgehead atoms. The van der Waals surface area contributed by atoms with Crippen LogP contribution in [0.5, 0.6) is 0 Å². The second-order valence-corrected chi connectivity index (χ2v) is 7.36. The number of carbonyl (C=O) groups is 1. The van der Waals surface area contributed by atoms with E-state index in [0.29, 0.717) is 0 Å². The van der Waals surface area contributed by atoms with E-state index in [4.69, 9.17) is 0 Å². The Balaban J connectivity index is 1.84. The molecule has 1 aromatic heterocycles. The van der Waals surface area contributed by atoms with Gasteiger partial charge >= 0.3 is 5.97 Å². The van der Waals surface area contributed by atoms with Gasteiger partial charge in [0.25, 0.3) is 0 Å². The zero-order valence-corrected chi connectivity index (χ0v) is 12.4. The summed E-state index contributed by atoms with van der Waals surface area (Å²) in [5, 5.41) is 12.4. The fraction of sp³-hybridized carbons (Fsp3) is 0.615. The number of nitrogens with zero attached hydrogens (tertiary/aromatic N) is 1. The molecule has 0 aromatic carbocycles. The highest BCUT2D eigenvalue weighted by atomic mass is 32.2. The second kappa shape index (κ2) is 5.43. The lowest BCUT2D eigenvalue weighted by molar-refractivity contribution is 0.0685. The summed E-state index contributed by atoms with van der Waals surface area (Å²) < 4.78 is 29.0. The van der Waals surface area contributed by atoms with Crippen molar-refractivity contribution in [3.63, 3.8) is 0 Å². The van der Waals surface area contributed by atoms with Gasteiger partial charge in [-0.3, -0.25) is 0 Å². The van der Waals surface area contributed by atoms with E-state index < -0.39 is 16.0 Å². The number of hydrogen-bond donors (Lipinski definition) is 3. The van der Waals surface area contributed by atoms with Gasteiger partial charge in [-0.05, 0) is 44.8 Å². The average Bonchev–Trinajstić information content (AvgIpc) is 3.17. The summed E-state index contributed by atoms with van der Waals surface area (Å²) in [6.45, 7) is 1.58. The molecule has 2 aliphatic rings. The van der Waals surface area contributed by atoms with E-state index in [2.05, 4.69) is 10.0 Å². The van der Waals surface area contributed by atoms with E-state index in [0.717, 1.165) is 38.8 Å². The SMILES string of the molecule is O=C(O)c1cc(S(=O)(=O)NC2CCNCC2)cn1C1CC1. The van der Waals surface area contributed by atoms with Crippen LogP contribution >= 0.6 is 0 Å². The van der Waals surface area contributed by atoms with Crippen LogP contribution in [0.3, 0.4) is 0 Å². The maximum atomic E-state index is 12.4. The first-order valence-electron chi connectivity index (χ1n) is 7.15. The van der Waals surface area contributed by atoms with E-state index in [9.17, 15) is 18.3 Å². The Kier molecular flexibility index (Phi) is 3.76. The van der Waals surface area contributed by atoms with Gasteiger partial charge in [-0.15, -0.1) is 0 Å². The van der Waals surface area contributed by atoms with Crippen molar-refractivity contribution < 1.29 is 18.3 Å². The molecule has 2 heterocycles. The summed E-state index contributed by atoms with van der Waals surface area (Å²) in [4.78, 5) is 11.3. The largest absolute Gasteiger partial charge is 0.477 e. The summed E-state index contributed by atoms with van der Waals surface area (Å²) in [6.07, 6.45) is 4.74. The monoisotopic (exact) mass is 313 g/mol. The first kappa shape index (κ1) is 14.6. The van der Waals surface area contributed by atoms with Crippen molar-refractivity contribution >= 4 is 16.0 Å². The van der Waals surface area contributed by atoms with Gasteiger partial charge < -0.3 is 15.0 Å². The zero-order valence-electron chi connectivity index (χ0n) is 11.6. The average molecular weight is 313 g/mol. The van der Waals surface area contributed by atoms with Crippen LogP contribution in [0.15, 0.2) is 17.2 Å². The summed E-state index contributed by atoms with van der Waals surface area (Å²) in [7, 11) is -3.66. The first-order chi connectivity index (χ1) is 9.97. The Hall–Kier alpha value is -1.38. The molecule has 8 heteroatoms. The van der Waals surface area contributed by atoms with Crippen molar-refractivity contribution in [2.24, 2.45) is 0 Å². The lowest BCUT2D eigenvalue weighted by Crippen LogP contribution is -2.42. The van der Waals surface area contributed by atoms with Crippen molar-refractivity contribution in [3.8, 4) is 0 Å². The van der Waals surface area contributed by atoms with Crippen molar-refractivity contribution in [2.75, 3.05) is 13.1 Å².